The number of likely N-dealkylation sites (tertiary alicyclic amines) is 1. The number of pyridine rings is 2. The molecule has 7 nitrogen and oxygen atoms in total. The topological polar surface area (TPSA) is 67.8 Å². The highest BCUT2D eigenvalue weighted by molar-refractivity contribution is 5.70. The average molecular weight is 486 g/mol. The van der Waals surface area contributed by atoms with Crippen molar-refractivity contribution in [1.82, 2.24) is 19.8 Å². The van der Waals surface area contributed by atoms with E-state index in [4.69, 9.17) is 9.47 Å². The van der Waals surface area contributed by atoms with E-state index in [2.05, 4.69) is 21.9 Å². The highest BCUT2D eigenvalue weighted by Gasteiger charge is 2.31. The van der Waals surface area contributed by atoms with E-state index in [1.165, 1.54) is 0 Å². The molecule has 0 aliphatic carbocycles. The van der Waals surface area contributed by atoms with Crippen LogP contribution in [0.2, 0.25) is 0 Å². The molecule has 1 saturated heterocycles. The fourth-order valence-electron chi connectivity index (χ4n) is 3.87. The van der Waals surface area contributed by atoms with Gasteiger partial charge in [-0.15, -0.1) is 0 Å². The van der Waals surface area contributed by atoms with Crippen molar-refractivity contribution in [2.75, 3.05) is 20.1 Å². The van der Waals surface area contributed by atoms with Gasteiger partial charge in [-0.25, -0.2) is 9.78 Å². The molecular formula is C25H25F3N4O3. The fourth-order valence-corrected chi connectivity index (χ4v) is 3.87. The molecule has 0 unspecified atom stereocenters. The van der Waals surface area contributed by atoms with Gasteiger partial charge in [0, 0.05) is 50.3 Å². The van der Waals surface area contributed by atoms with Crippen LogP contribution >= 0.6 is 0 Å². The van der Waals surface area contributed by atoms with Crippen molar-refractivity contribution in [1.29, 1.82) is 0 Å². The molecule has 184 valence electrons. The SMILES string of the molecule is CN(Cc1cccnc1)C1CCN(C(=O)Oc2ccc(Oc3ccc(C(F)(F)F)cn3)cc2)CC1. The van der Waals surface area contributed by atoms with Crippen molar-refractivity contribution >= 4 is 6.09 Å². The summed E-state index contributed by atoms with van der Waals surface area (Å²) in [4.78, 5) is 24.4. The zero-order chi connectivity index (χ0) is 24.8. The molecule has 1 fully saturated rings. The molecule has 1 aromatic carbocycles. The van der Waals surface area contributed by atoms with Gasteiger partial charge >= 0.3 is 12.3 Å². The van der Waals surface area contributed by atoms with Crippen LogP contribution in [0.3, 0.4) is 0 Å². The highest BCUT2D eigenvalue weighted by atomic mass is 19.4. The van der Waals surface area contributed by atoms with Gasteiger partial charge in [0.2, 0.25) is 5.88 Å². The van der Waals surface area contributed by atoms with Crippen LogP contribution < -0.4 is 9.47 Å². The summed E-state index contributed by atoms with van der Waals surface area (Å²) < 4.78 is 48.8. The predicted octanol–water partition coefficient (Wildman–Crippen LogP) is 5.38. The van der Waals surface area contributed by atoms with Crippen LogP contribution in [0.1, 0.15) is 24.0 Å². The summed E-state index contributed by atoms with van der Waals surface area (Å²) in [6.07, 6.45) is 1.14. The summed E-state index contributed by atoms with van der Waals surface area (Å²) in [6.45, 7) is 2.00. The molecule has 0 saturated carbocycles. The number of carbonyl (C=O) groups is 1. The lowest BCUT2D eigenvalue weighted by molar-refractivity contribution is -0.137. The van der Waals surface area contributed by atoms with Gasteiger partial charge in [-0.1, -0.05) is 6.07 Å². The van der Waals surface area contributed by atoms with Crippen molar-refractivity contribution in [2.24, 2.45) is 0 Å². The Bertz CT molecular complexity index is 1100. The van der Waals surface area contributed by atoms with Gasteiger partial charge in [0.05, 0.1) is 5.56 Å². The molecule has 4 rings (SSSR count). The van der Waals surface area contributed by atoms with Crippen LogP contribution in [0.4, 0.5) is 18.0 Å². The molecule has 10 heteroatoms. The van der Waals surface area contributed by atoms with Crippen LogP contribution in [0.15, 0.2) is 67.1 Å². The van der Waals surface area contributed by atoms with Gasteiger partial charge in [-0.05, 0) is 61.9 Å². The summed E-state index contributed by atoms with van der Waals surface area (Å²) >= 11 is 0. The van der Waals surface area contributed by atoms with Crippen molar-refractivity contribution in [2.45, 2.75) is 31.6 Å². The zero-order valence-electron chi connectivity index (χ0n) is 19.1. The fraction of sp³-hybridized carbons (Fsp3) is 0.320. The summed E-state index contributed by atoms with van der Waals surface area (Å²) in [5.74, 6) is 0.729. The summed E-state index contributed by atoms with van der Waals surface area (Å²) in [6, 6.07) is 12.6. The maximum absolute atomic E-state index is 12.6. The smallest absolute Gasteiger partial charge is 0.417 e. The first kappa shape index (κ1) is 24.5. The number of rotatable bonds is 6. The molecule has 0 atom stereocenters. The number of benzene rings is 1. The second-order valence-corrected chi connectivity index (χ2v) is 8.32. The number of carbonyl (C=O) groups excluding carboxylic acids is 1. The molecule has 0 N–H and O–H groups in total. The van der Waals surface area contributed by atoms with Crippen LogP contribution in [0, 0.1) is 0 Å². The third-order valence-electron chi connectivity index (χ3n) is 5.82. The maximum atomic E-state index is 12.6. The van der Waals surface area contributed by atoms with E-state index >= 15 is 0 Å². The van der Waals surface area contributed by atoms with E-state index in [1.807, 2.05) is 18.3 Å². The molecule has 35 heavy (non-hydrogen) atoms. The van der Waals surface area contributed by atoms with E-state index in [-0.39, 0.29) is 5.88 Å². The van der Waals surface area contributed by atoms with Crippen LogP contribution in [0.5, 0.6) is 17.4 Å². The Labute approximate surface area is 201 Å². The van der Waals surface area contributed by atoms with E-state index in [0.717, 1.165) is 37.1 Å². The quantitative estimate of drug-likeness (QED) is 0.466. The Kier molecular flexibility index (Phi) is 7.50. The highest BCUT2D eigenvalue weighted by Crippen LogP contribution is 2.30. The van der Waals surface area contributed by atoms with Crippen molar-refractivity contribution in [3.8, 4) is 17.4 Å². The minimum Gasteiger partial charge on any atom is -0.439 e. The van der Waals surface area contributed by atoms with Crippen LogP contribution in [-0.4, -0.2) is 52.0 Å². The first-order valence-electron chi connectivity index (χ1n) is 11.1. The minimum absolute atomic E-state index is 0.0270. The number of halogens is 3. The molecule has 0 bridgehead atoms. The number of alkyl halides is 3. The van der Waals surface area contributed by atoms with Gasteiger partial charge in [0.15, 0.2) is 0 Å². The van der Waals surface area contributed by atoms with Crippen LogP contribution in [-0.2, 0) is 12.7 Å². The van der Waals surface area contributed by atoms with Gasteiger partial charge < -0.3 is 14.4 Å². The largest absolute Gasteiger partial charge is 0.439 e. The lowest BCUT2D eigenvalue weighted by Gasteiger charge is -2.36. The zero-order valence-corrected chi connectivity index (χ0v) is 19.1. The first-order chi connectivity index (χ1) is 16.8. The van der Waals surface area contributed by atoms with E-state index < -0.39 is 17.8 Å². The molecule has 0 radical (unpaired) electrons. The summed E-state index contributed by atoms with van der Waals surface area (Å²) in [5.41, 5.74) is 0.301. The van der Waals surface area contributed by atoms with E-state index in [0.29, 0.717) is 36.8 Å². The lowest BCUT2D eigenvalue weighted by Crippen LogP contribution is -2.46. The van der Waals surface area contributed by atoms with E-state index in [9.17, 15) is 18.0 Å². The molecule has 3 aromatic rings. The van der Waals surface area contributed by atoms with E-state index in [1.54, 1.807) is 35.4 Å². The number of ether oxygens (including phenoxy) is 2. The lowest BCUT2D eigenvalue weighted by atomic mass is 10.0. The Morgan fingerprint density at radius 1 is 1.06 bits per heavy atom. The molecule has 1 amide bonds. The van der Waals surface area contributed by atoms with Crippen molar-refractivity contribution in [3.05, 3.63) is 78.2 Å². The number of hydrogen-bond acceptors (Lipinski definition) is 6. The second kappa shape index (κ2) is 10.7. The molecule has 0 spiro atoms. The van der Waals surface area contributed by atoms with Crippen molar-refractivity contribution in [3.63, 3.8) is 0 Å². The van der Waals surface area contributed by atoms with Gasteiger partial charge in [0.1, 0.15) is 11.5 Å². The first-order valence-corrected chi connectivity index (χ1v) is 11.1. The Balaban J connectivity index is 1.24. The predicted molar refractivity (Wildman–Crippen MR) is 122 cm³/mol. The number of amides is 1. The number of piperidine rings is 1. The summed E-state index contributed by atoms with van der Waals surface area (Å²) in [5, 5.41) is 0. The molecule has 2 aromatic heterocycles. The third kappa shape index (κ3) is 6.69. The van der Waals surface area contributed by atoms with Crippen LogP contribution in [0.25, 0.3) is 0 Å². The Morgan fingerprint density at radius 2 is 1.77 bits per heavy atom. The number of nitrogens with zero attached hydrogens (tertiary/aromatic N) is 4. The van der Waals surface area contributed by atoms with Gasteiger partial charge in [0.25, 0.3) is 0 Å². The summed E-state index contributed by atoms with van der Waals surface area (Å²) in [7, 11) is 2.08. The minimum atomic E-state index is -4.46. The third-order valence-corrected chi connectivity index (χ3v) is 5.82. The number of hydrogen-bond donors (Lipinski definition) is 0. The monoisotopic (exact) mass is 486 g/mol. The van der Waals surface area contributed by atoms with Crippen molar-refractivity contribution < 1.29 is 27.4 Å². The molecule has 1 aliphatic heterocycles. The number of aromatic nitrogens is 2. The standard InChI is InChI=1S/C25H25F3N4O3/c1-31(17-18-3-2-12-29-15-18)20-10-13-32(14-11-20)24(33)35-22-7-5-21(6-8-22)34-23-9-4-19(16-30-23)25(26,27)28/h2-9,12,15-16,20H,10-11,13-14,17H2,1H3. The average Bonchev–Trinajstić information content (AvgIpc) is 2.86. The van der Waals surface area contributed by atoms with Gasteiger partial charge in [-0.3, -0.25) is 9.88 Å². The normalized spacial score (nSPS) is 14.7. The maximum Gasteiger partial charge on any atom is 0.417 e. The molecular weight excluding hydrogens is 461 g/mol. The second-order valence-electron chi connectivity index (χ2n) is 8.32. The molecule has 3 heterocycles. The Morgan fingerprint density at radius 3 is 2.37 bits per heavy atom. The Hall–Kier alpha value is -3.66. The molecule has 1 aliphatic rings. The van der Waals surface area contributed by atoms with Gasteiger partial charge in [-0.2, -0.15) is 13.2 Å².